The fourth-order valence-corrected chi connectivity index (χ4v) is 2.33. The molecule has 1 N–H and O–H groups in total. The van der Waals surface area contributed by atoms with Crippen molar-refractivity contribution in [1.29, 1.82) is 0 Å². The van der Waals surface area contributed by atoms with E-state index in [0.29, 0.717) is 16.9 Å². The Hall–Kier alpha value is -1.11. The van der Waals surface area contributed by atoms with Crippen LogP contribution in [-0.4, -0.2) is 28.0 Å². The maximum atomic E-state index is 6.06. The van der Waals surface area contributed by atoms with E-state index in [2.05, 4.69) is 36.2 Å². The Morgan fingerprint density at radius 2 is 1.86 bits per heavy atom. The molecule has 0 atom stereocenters. The van der Waals surface area contributed by atoms with Gasteiger partial charge in [-0.2, -0.15) is 15.0 Å². The zero-order valence-electron chi connectivity index (χ0n) is 11.6. The van der Waals surface area contributed by atoms with Crippen molar-refractivity contribution in [3.63, 3.8) is 0 Å². The average Bonchev–Trinajstić information content (AvgIpc) is 2.44. The number of nitrogens with one attached hydrogen (secondary N) is 1. The lowest BCUT2D eigenvalue weighted by Gasteiger charge is -2.18. The lowest BCUT2D eigenvalue weighted by atomic mass is 10.3. The zero-order valence-corrected chi connectivity index (χ0v) is 14.7. The van der Waals surface area contributed by atoms with E-state index in [1.165, 1.54) is 0 Å². The van der Waals surface area contributed by atoms with E-state index in [4.69, 9.17) is 23.2 Å². The van der Waals surface area contributed by atoms with Crippen LogP contribution >= 0.6 is 39.1 Å². The summed E-state index contributed by atoms with van der Waals surface area (Å²) in [7, 11) is 0. The molecule has 0 amide bonds. The first kappa shape index (κ1) is 16.3. The summed E-state index contributed by atoms with van der Waals surface area (Å²) < 4.78 is 0.826. The molecule has 5 nitrogen and oxygen atoms in total. The molecule has 21 heavy (non-hydrogen) atoms. The van der Waals surface area contributed by atoms with Gasteiger partial charge in [0.2, 0.25) is 17.2 Å². The number of benzene rings is 1. The third-order valence-corrected chi connectivity index (χ3v) is 4.22. The van der Waals surface area contributed by atoms with E-state index in [1.54, 1.807) is 6.07 Å². The zero-order chi connectivity index (χ0) is 15.4. The van der Waals surface area contributed by atoms with Crippen LogP contribution in [0.5, 0.6) is 0 Å². The maximum Gasteiger partial charge on any atom is 0.233 e. The van der Waals surface area contributed by atoms with E-state index >= 15 is 0 Å². The minimum atomic E-state index is 0.151. The highest BCUT2D eigenvalue weighted by Gasteiger charge is 2.10. The number of halogens is 3. The molecule has 2 rings (SSSR count). The Balaban J connectivity index is 2.29. The molecule has 8 heteroatoms. The van der Waals surface area contributed by atoms with Gasteiger partial charge in [-0.25, -0.2) is 0 Å². The van der Waals surface area contributed by atoms with Gasteiger partial charge in [0.05, 0.1) is 5.02 Å². The first-order chi connectivity index (χ1) is 10.0. The van der Waals surface area contributed by atoms with Crippen molar-refractivity contribution in [3.8, 4) is 0 Å². The van der Waals surface area contributed by atoms with Crippen LogP contribution in [-0.2, 0) is 0 Å². The molecule has 0 radical (unpaired) electrons. The van der Waals surface area contributed by atoms with Gasteiger partial charge in [-0.05, 0) is 59.6 Å². The molecular formula is C13H14BrCl2N5. The third kappa shape index (κ3) is 4.18. The summed E-state index contributed by atoms with van der Waals surface area (Å²) in [6.07, 6.45) is 0. The predicted molar refractivity (Wildman–Crippen MR) is 90.8 cm³/mol. The molecule has 0 saturated heterocycles. The van der Waals surface area contributed by atoms with Crippen LogP contribution in [0.4, 0.5) is 17.6 Å². The summed E-state index contributed by atoms with van der Waals surface area (Å²) in [5.41, 5.74) is 0.774. The second-order valence-corrected chi connectivity index (χ2v) is 5.75. The number of rotatable bonds is 5. The largest absolute Gasteiger partial charge is 0.341 e. The van der Waals surface area contributed by atoms with Crippen molar-refractivity contribution in [2.45, 2.75) is 13.8 Å². The van der Waals surface area contributed by atoms with Crippen molar-refractivity contribution in [1.82, 2.24) is 15.0 Å². The quantitative estimate of drug-likeness (QED) is 0.812. The average molecular weight is 391 g/mol. The van der Waals surface area contributed by atoms with Gasteiger partial charge in [-0.1, -0.05) is 11.6 Å². The normalized spacial score (nSPS) is 10.5. The molecule has 2 aromatic rings. The summed E-state index contributed by atoms with van der Waals surface area (Å²) in [6, 6.07) is 5.49. The Morgan fingerprint density at radius 1 is 1.14 bits per heavy atom. The predicted octanol–water partition coefficient (Wildman–Crippen LogP) is 4.53. The highest BCUT2D eigenvalue weighted by Crippen LogP contribution is 2.27. The molecule has 1 aromatic heterocycles. The summed E-state index contributed by atoms with van der Waals surface area (Å²) >= 11 is 15.4. The second kappa shape index (κ2) is 7.24. The summed E-state index contributed by atoms with van der Waals surface area (Å²) in [5.74, 6) is 0.931. The minimum Gasteiger partial charge on any atom is -0.341 e. The van der Waals surface area contributed by atoms with E-state index in [0.717, 1.165) is 23.2 Å². The first-order valence-electron chi connectivity index (χ1n) is 6.42. The van der Waals surface area contributed by atoms with Crippen LogP contribution in [0.3, 0.4) is 0 Å². The van der Waals surface area contributed by atoms with Gasteiger partial charge < -0.3 is 10.2 Å². The van der Waals surface area contributed by atoms with E-state index in [9.17, 15) is 0 Å². The molecule has 0 bridgehead atoms. The number of hydrogen-bond acceptors (Lipinski definition) is 5. The van der Waals surface area contributed by atoms with E-state index in [1.807, 2.05) is 30.9 Å². The minimum absolute atomic E-state index is 0.151. The van der Waals surface area contributed by atoms with Gasteiger partial charge in [0, 0.05) is 23.2 Å². The molecule has 0 aliphatic heterocycles. The fraction of sp³-hybridized carbons (Fsp3) is 0.308. The van der Waals surface area contributed by atoms with E-state index in [-0.39, 0.29) is 5.28 Å². The maximum absolute atomic E-state index is 6.06. The van der Waals surface area contributed by atoms with Crippen LogP contribution < -0.4 is 10.2 Å². The highest BCUT2D eigenvalue weighted by molar-refractivity contribution is 9.10. The van der Waals surface area contributed by atoms with Crippen molar-refractivity contribution >= 4 is 56.7 Å². The molecule has 1 heterocycles. The van der Waals surface area contributed by atoms with Gasteiger partial charge in [0.15, 0.2) is 0 Å². The lowest BCUT2D eigenvalue weighted by molar-refractivity contribution is 0.814. The summed E-state index contributed by atoms with van der Waals surface area (Å²) in [4.78, 5) is 14.6. The molecular weight excluding hydrogens is 377 g/mol. The van der Waals surface area contributed by atoms with Gasteiger partial charge in [-0.3, -0.25) is 0 Å². The van der Waals surface area contributed by atoms with Crippen molar-refractivity contribution in [3.05, 3.63) is 33.0 Å². The fourth-order valence-electron chi connectivity index (χ4n) is 1.75. The number of nitrogens with zero attached hydrogens (tertiary/aromatic N) is 4. The Kier molecular flexibility index (Phi) is 5.61. The number of hydrogen-bond donors (Lipinski definition) is 1. The monoisotopic (exact) mass is 389 g/mol. The SMILES string of the molecule is CCN(CC)c1nc(Cl)nc(Nc2ccc(Br)c(Cl)c2)n1. The molecule has 0 unspecified atom stereocenters. The molecule has 0 fully saturated rings. The molecule has 112 valence electrons. The van der Waals surface area contributed by atoms with Crippen LogP contribution in [0.25, 0.3) is 0 Å². The van der Waals surface area contributed by atoms with Crippen LogP contribution in [0.15, 0.2) is 22.7 Å². The molecule has 1 aromatic carbocycles. The van der Waals surface area contributed by atoms with Gasteiger partial charge in [0.1, 0.15) is 0 Å². The standard InChI is InChI=1S/C13H14BrCl2N5/c1-3-21(4-2)13-19-11(16)18-12(20-13)17-8-5-6-9(14)10(15)7-8/h5-7H,3-4H2,1-2H3,(H,17,18,19,20). The van der Waals surface area contributed by atoms with Crippen molar-refractivity contribution in [2.24, 2.45) is 0 Å². The molecule has 0 saturated carbocycles. The Morgan fingerprint density at radius 3 is 2.48 bits per heavy atom. The van der Waals surface area contributed by atoms with Gasteiger partial charge in [0.25, 0.3) is 0 Å². The van der Waals surface area contributed by atoms with Crippen LogP contribution in [0, 0.1) is 0 Å². The number of anilines is 3. The Labute approximate surface area is 141 Å². The third-order valence-electron chi connectivity index (χ3n) is 2.82. The summed E-state index contributed by atoms with van der Waals surface area (Å²) in [6.45, 7) is 5.65. The van der Waals surface area contributed by atoms with Crippen molar-refractivity contribution in [2.75, 3.05) is 23.3 Å². The molecule has 0 spiro atoms. The van der Waals surface area contributed by atoms with Crippen LogP contribution in [0.2, 0.25) is 10.3 Å². The smallest absolute Gasteiger partial charge is 0.233 e. The van der Waals surface area contributed by atoms with Gasteiger partial charge >= 0.3 is 0 Å². The highest BCUT2D eigenvalue weighted by atomic mass is 79.9. The Bertz CT molecular complexity index is 634. The van der Waals surface area contributed by atoms with Gasteiger partial charge in [-0.15, -0.1) is 0 Å². The molecule has 0 aliphatic rings. The first-order valence-corrected chi connectivity index (χ1v) is 7.97. The lowest BCUT2D eigenvalue weighted by Crippen LogP contribution is -2.24. The molecule has 0 aliphatic carbocycles. The van der Waals surface area contributed by atoms with Crippen molar-refractivity contribution < 1.29 is 0 Å². The summed E-state index contributed by atoms with van der Waals surface area (Å²) in [5, 5.41) is 3.83. The number of aromatic nitrogens is 3. The second-order valence-electron chi connectivity index (χ2n) is 4.15. The topological polar surface area (TPSA) is 53.9 Å². The van der Waals surface area contributed by atoms with E-state index < -0.39 is 0 Å². The van der Waals surface area contributed by atoms with Crippen LogP contribution in [0.1, 0.15) is 13.8 Å².